The lowest BCUT2D eigenvalue weighted by atomic mass is 9.98. The van der Waals surface area contributed by atoms with Gasteiger partial charge in [0.25, 0.3) is 0 Å². The third kappa shape index (κ3) is 4.29. The molecule has 1 aliphatic rings. The molecule has 25 heavy (non-hydrogen) atoms. The standard InChI is InChI=1S/C18H23NO6/c1-17(2,3)25-16(23)19-11-13(10-18(19,4)15(21)22)24-14(20)12-8-6-5-7-9-12/h5-9,13H,10-11H2,1-4H3,(H,21,22)/t13-,18+/m1/s1. The number of hydrogen-bond acceptors (Lipinski definition) is 5. The van der Waals surface area contributed by atoms with Crippen LogP contribution < -0.4 is 0 Å². The van der Waals surface area contributed by atoms with E-state index >= 15 is 0 Å². The average molecular weight is 349 g/mol. The van der Waals surface area contributed by atoms with Gasteiger partial charge in [-0.25, -0.2) is 14.4 Å². The van der Waals surface area contributed by atoms with Crippen LogP contribution in [-0.2, 0) is 14.3 Å². The molecule has 2 atom stereocenters. The summed E-state index contributed by atoms with van der Waals surface area (Å²) in [5.74, 6) is -1.72. The predicted molar refractivity (Wildman–Crippen MR) is 89.2 cm³/mol. The molecule has 1 aromatic carbocycles. The van der Waals surface area contributed by atoms with E-state index in [0.29, 0.717) is 5.56 Å². The molecule has 1 aromatic rings. The van der Waals surface area contributed by atoms with Crippen molar-refractivity contribution < 1.29 is 29.0 Å². The molecule has 0 saturated carbocycles. The highest BCUT2D eigenvalue weighted by atomic mass is 16.6. The molecule has 1 fully saturated rings. The summed E-state index contributed by atoms with van der Waals surface area (Å²) in [6.07, 6.45) is -1.46. The SMILES string of the molecule is CC(C)(C)OC(=O)N1C[C@H](OC(=O)c2ccccc2)C[C@@]1(C)C(=O)O. The van der Waals surface area contributed by atoms with Crippen LogP contribution in [0.15, 0.2) is 30.3 Å². The Morgan fingerprint density at radius 3 is 2.32 bits per heavy atom. The van der Waals surface area contributed by atoms with Crippen molar-refractivity contribution in [3.05, 3.63) is 35.9 Å². The first-order valence-corrected chi connectivity index (χ1v) is 8.03. The van der Waals surface area contributed by atoms with Gasteiger partial charge in [0.2, 0.25) is 0 Å². The highest BCUT2D eigenvalue weighted by Gasteiger charge is 2.52. The fourth-order valence-electron chi connectivity index (χ4n) is 2.69. The van der Waals surface area contributed by atoms with Crippen LogP contribution in [0.1, 0.15) is 44.5 Å². The number of esters is 1. The molecule has 0 aromatic heterocycles. The third-order valence-corrected chi connectivity index (χ3v) is 3.96. The van der Waals surface area contributed by atoms with E-state index < -0.39 is 35.3 Å². The number of hydrogen-bond donors (Lipinski definition) is 1. The van der Waals surface area contributed by atoms with E-state index in [1.54, 1.807) is 51.1 Å². The van der Waals surface area contributed by atoms with Gasteiger partial charge in [-0.15, -0.1) is 0 Å². The highest BCUT2D eigenvalue weighted by molar-refractivity contribution is 5.90. The number of likely N-dealkylation sites (tertiary alicyclic amines) is 1. The number of nitrogens with zero attached hydrogens (tertiary/aromatic N) is 1. The first kappa shape index (κ1) is 18.8. The van der Waals surface area contributed by atoms with Crippen LogP contribution in [-0.4, -0.2) is 51.8 Å². The van der Waals surface area contributed by atoms with Gasteiger partial charge in [0.1, 0.15) is 17.2 Å². The summed E-state index contributed by atoms with van der Waals surface area (Å²) in [4.78, 5) is 37.4. The number of amides is 1. The maximum Gasteiger partial charge on any atom is 0.411 e. The van der Waals surface area contributed by atoms with Crippen molar-refractivity contribution in [2.24, 2.45) is 0 Å². The Morgan fingerprint density at radius 2 is 1.80 bits per heavy atom. The second-order valence-corrected chi connectivity index (χ2v) is 7.27. The zero-order chi connectivity index (χ0) is 18.8. The molecule has 2 rings (SSSR count). The lowest BCUT2D eigenvalue weighted by Crippen LogP contribution is -2.52. The summed E-state index contributed by atoms with van der Waals surface area (Å²) in [7, 11) is 0. The molecule has 7 nitrogen and oxygen atoms in total. The molecular weight excluding hydrogens is 326 g/mol. The molecule has 0 unspecified atom stereocenters. The van der Waals surface area contributed by atoms with Gasteiger partial charge < -0.3 is 14.6 Å². The van der Waals surface area contributed by atoms with Crippen LogP contribution in [0.25, 0.3) is 0 Å². The fraction of sp³-hybridized carbons (Fsp3) is 0.500. The first-order valence-electron chi connectivity index (χ1n) is 8.03. The number of aliphatic carboxylic acids is 1. The quantitative estimate of drug-likeness (QED) is 0.843. The van der Waals surface area contributed by atoms with Gasteiger partial charge in [-0.2, -0.15) is 0 Å². The number of carbonyl (C=O) groups is 3. The fourth-order valence-corrected chi connectivity index (χ4v) is 2.69. The second-order valence-electron chi connectivity index (χ2n) is 7.27. The summed E-state index contributed by atoms with van der Waals surface area (Å²) in [6, 6.07) is 8.41. The molecule has 0 spiro atoms. The van der Waals surface area contributed by atoms with Crippen molar-refractivity contribution in [2.45, 2.75) is 51.4 Å². The zero-order valence-electron chi connectivity index (χ0n) is 14.8. The van der Waals surface area contributed by atoms with Gasteiger partial charge in [0.05, 0.1) is 12.1 Å². The monoisotopic (exact) mass is 349 g/mol. The summed E-state index contributed by atoms with van der Waals surface area (Å²) < 4.78 is 10.7. The summed E-state index contributed by atoms with van der Waals surface area (Å²) in [6.45, 7) is 6.50. The predicted octanol–water partition coefficient (Wildman–Crippen LogP) is 2.70. The molecular formula is C18H23NO6. The first-order chi connectivity index (χ1) is 11.5. The number of benzene rings is 1. The van der Waals surface area contributed by atoms with E-state index in [2.05, 4.69) is 0 Å². The molecule has 0 bridgehead atoms. The van der Waals surface area contributed by atoms with Gasteiger partial charge >= 0.3 is 18.0 Å². The van der Waals surface area contributed by atoms with Crippen LogP contribution in [0.5, 0.6) is 0 Å². The minimum absolute atomic E-state index is 0.000149. The number of rotatable bonds is 3. The molecule has 1 N–H and O–H groups in total. The van der Waals surface area contributed by atoms with Crippen molar-refractivity contribution in [1.82, 2.24) is 4.90 Å². The van der Waals surface area contributed by atoms with Crippen LogP contribution in [0.2, 0.25) is 0 Å². The lowest BCUT2D eigenvalue weighted by Gasteiger charge is -2.32. The van der Waals surface area contributed by atoms with Crippen LogP contribution in [0.3, 0.4) is 0 Å². The van der Waals surface area contributed by atoms with Gasteiger partial charge in [-0.1, -0.05) is 18.2 Å². The zero-order valence-corrected chi connectivity index (χ0v) is 14.8. The van der Waals surface area contributed by atoms with E-state index in [9.17, 15) is 19.5 Å². The molecule has 0 radical (unpaired) electrons. The minimum Gasteiger partial charge on any atom is -0.480 e. The Morgan fingerprint density at radius 1 is 1.20 bits per heavy atom. The topological polar surface area (TPSA) is 93.1 Å². The van der Waals surface area contributed by atoms with E-state index in [4.69, 9.17) is 9.47 Å². The van der Waals surface area contributed by atoms with Crippen molar-refractivity contribution >= 4 is 18.0 Å². The van der Waals surface area contributed by atoms with Crippen molar-refractivity contribution in [1.29, 1.82) is 0 Å². The van der Waals surface area contributed by atoms with E-state index in [1.165, 1.54) is 6.92 Å². The number of carboxylic acid groups (broad SMARTS) is 1. The Bertz CT molecular complexity index is 666. The van der Waals surface area contributed by atoms with E-state index in [0.717, 1.165) is 4.90 Å². The normalized spacial score (nSPS) is 23.2. The maximum atomic E-state index is 12.4. The smallest absolute Gasteiger partial charge is 0.411 e. The van der Waals surface area contributed by atoms with Crippen LogP contribution in [0.4, 0.5) is 4.79 Å². The van der Waals surface area contributed by atoms with Gasteiger partial charge in [0, 0.05) is 6.42 Å². The second kappa shape index (κ2) is 6.74. The van der Waals surface area contributed by atoms with Crippen molar-refractivity contribution in [3.63, 3.8) is 0 Å². The van der Waals surface area contributed by atoms with Crippen molar-refractivity contribution in [3.8, 4) is 0 Å². The third-order valence-electron chi connectivity index (χ3n) is 3.96. The number of carboxylic acids is 1. The maximum absolute atomic E-state index is 12.4. The Balaban J connectivity index is 2.15. The summed E-state index contributed by atoms with van der Waals surface area (Å²) in [5, 5.41) is 9.57. The Labute approximate surface area is 146 Å². The highest BCUT2D eigenvalue weighted by Crippen LogP contribution is 2.33. The van der Waals surface area contributed by atoms with Gasteiger partial charge in [-0.3, -0.25) is 4.90 Å². The minimum atomic E-state index is -1.50. The van der Waals surface area contributed by atoms with Gasteiger partial charge in [0.15, 0.2) is 0 Å². The molecule has 1 heterocycles. The van der Waals surface area contributed by atoms with E-state index in [-0.39, 0.29) is 13.0 Å². The van der Waals surface area contributed by atoms with E-state index in [1.807, 2.05) is 0 Å². The summed E-state index contributed by atoms with van der Waals surface area (Å²) >= 11 is 0. The van der Waals surface area contributed by atoms with Gasteiger partial charge in [-0.05, 0) is 39.8 Å². The average Bonchev–Trinajstić information content (AvgIpc) is 2.84. The molecule has 136 valence electrons. The molecule has 1 amide bonds. The van der Waals surface area contributed by atoms with Crippen molar-refractivity contribution in [2.75, 3.05) is 6.54 Å². The molecule has 1 aliphatic heterocycles. The Hall–Kier alpha value is -2.57. The van der Waals surface area contributed by atoms with Crippen LogP contribution >= 0.6 is 0 Å². The molecule has 0 aliphatic carbocycles. The number of ether oxygens (including phenoxy) is 2. The molecule has 7 heteroatoms. The largest absolute Gasteiger partial charge is 0.480 e. The van der Waals surface area contributed by atoms with Crippen LogP contribution in [0, 0.1) is 0 Å². The summed E-state index contributed by atoms with van der Waals surface area (Å²) in [5.41, 5.74) is -1.88. The molecule has 1 saturated heterocycles. The lowest BCUT2D eigenvalue weighted by molar-refractivity contribution is -0.148. The number of carbonyl (C=O) groups excluding carboxylic acids is 2. The Kier molecular flexibility index (Phi) is 5.06.